The van der Waals surface area contributed by atoms with E-state index < -0.39 is 5.92 Å². The van der Waals surface area contributed by atoms with Gasteiger partial charge in [0.05, 0.1) is 0 Å². The summed E-state index contributed by atoms with van der Waals surface area (Å²) in [5.74, 6) is -1.03. The number of nitrogens with zero attached hydrogens (tertiary/aromatic N) is 1. The summed E-state index contributed by atoms with van der Waals surface area (Å²) in [4.78, 5) is 12.5. The minimum absolute atomic E-state index is 0.0840. The summed E-state index contributed by atoms with van der Waals surface area (Å²) in [6.07, 6.45) is 4.02. The molecule has 1 aromatic rings. The quantitative estimate of drug-likeness (QED) is 0.332. The highest BCUT2D eigenvalue weighted by molar-refractivity contribution is 6.07. The van der Waals surface area contributed by atoms with Crippen molar-refractivity contribution in [1.82, 2.24) is 5.32 Å². The third kappa shape index (κ3) is 2.76. The Labute approximate surface area is 118 Å². The van der Waals surface area contributed by atoms with Crippen molar-refractivity contribution in [3.8, 4) is 0 Å². The second kappa shape index (κ2) is 5.94. The minimum Gasteiger partial charge on any atom is -0.409 e. The SMILES string of the molecule is CCC1(NC(=O)C(/C(N)=N/O)c2ccccc2)CCC1. The molecule has 1 fully saturated rings. The van der Waals surface area contributed by atoms with Crippen LogP contribution in [0.3, 0.4) is 0 Å². The van der Waals surface area contributed by atoms with E-state index in [1.807, 2.05) is 30.3 Å². The second-order valence-corrected chi connectivity index (χ2v) is 5.35. The molecule has 0 radical (unpaired) electrons. The van der Waals surface area contributed by atoms with Crippen molar-refractivity contribution in [2.24, 2.45) is 10.9 Å². The number of nitrogens with two attached hydrogens (primary N) is 1. The maximum atomic E-state index is 12.5. The van der Waals surface area contributed by atoms with Gasteiger partial charge in [-0.05, 0) is 31.2 Å². The van der Waals surface area contributed by atoms with Gasteiger partial charge in [-0.3, -0.25) is 4.79 Å². The van der Waals surface area contributed by atoms with Crippen LogP contribution in [0, 0.1) is 0 Å². The van der Waals surface area contributed by atoms with Gasteiger partial charge in [0.25, 0.3) is 0 Å². The number of rotatable bonds is 5. The molecule has 1 amide bonds. The van der Waals surface area contributed by atoms with Crippen LogP contribution in [0.1, 0.15) is 44.1 Å². The van der Waals surface area contributed by atoms with E-state index in [1.54, 1.807) is 0 Å². The Morgan fingerprint density at radius 3 is 2.55 bits per heavy atom. The Balaban J connectivity index is 2.21. The van der Waals surface area contributed by atoms with Crippen LogP contribution in [0.25, 0.3) is 0 Å². The Hall–Kier alpha value is -2.04. The molecule has 0 spiro atoms. The molecule has 1 atom stereocenters. The molecule has 108 valence electrons. The molecule has 1 aliphatic rings. The van der Waals surface area contributed by atoms with Gasteiger partial charge >= 0.3 is 0 Å². The molecule has 1 unspecified atom stereocenters. The fraction of sp³-hybridized carbons (Fsp3) is 0.467. The average Bonchev–Trinajstić information content (AvgIpc) is 2.44. The highest BCUT2D eigenvalue weighted by Crippen LogP contribution is 2.35. The van der Waals surface area contributed by atoms with Crippen LogP contribution < -0.4 is 11.1 Å². The number of hydrogen-bond donors (Lipinski definition) is 3. The molecule has 1 saturated carbocycles. The lowest BCUT2D eigenvalue weighted by Gasteiger charge is -2.42. The van der Waals surface area contributed by atoms with E-state index in [0.717, 1.165) is 31.2 Å². The summed E-state index contributed by atoms with van der Waals surface area (Å²) in [6.45, 7) is 2.07. The van der Waals surface area contributed by atoms with Gasteiger partial charge in [-0.15, -0.1) is 0 Å². The maximum absolute atomic E-state index is 12.5. The molecule has 1 aliphatic carbocycles. The third-order valence-corrected chi connectivity index (χ3v) is 4.18. The Bertz CT molecular complexity index is 490. The van der Waals surface area contributed by atoms with Crippen LogP contribution >= 0.6 is 0 Å². The molecular formula is C15H21N3O2. The highest BCUT2D eigenvalue weighted by Gasteiger charge is 2.39. The van der Waals surface area contributed by atoms with Crippen molar-refractivity contribution >= 4 is 11.7 Å². The van der Waals surface area contributed by atoms with E-state index in [0.29, 0.717) is 0 Å². The number of hydrogen-bond acceptors (Lipinski definition) is 3. The van der Waals surface area contributed by atoms with Gasteiger partial charge in [-0.1, -0.05) is 42.4 Å². The Morgan fingerprint density at radius 2 is 2.10 bits per heavy atom. The zero-order valence-electron chi connectivity index (χ0n) is 11.7. The van der Waals surface area contributed by atoms with Gasteiger partial charge in [-0.2, -0.15) is 0 Å². The summed E-state index contributed by atoms with van der Waals surface area (Å²) in [5.41, 5.74) is 6.33. The Kier molecular flexibility index (Phi) is 4.27. The van der Waals surface area contributed by atoms with Crippen molar-refractivity contribution in [3.05, 3.63) is 35.9 Å². The number of oxime groups is 1. The van der Waals surface area contributed by atoms with Crippen LogP contribution in [0.15, 0.2) is 35.5 Å². The zero-order chi connectivity index (χ0) is 14.6. The lowest BCUT2D eigenvalue weighted by molar-refractivity contribution is -0.124. The van der Waals surface area contributed by atoms with Crippen LogP contribution in [0.5, 0.6) is 0 Å². The zero-order valence-corrected chi connectivity index (χ0v) is 11.7. The number of carbonyl (C=O) groups is 1. The second-order valence-electron chi connectivity index (χ2n) is 5.35. The van der Waals surface area contributed by atoms with Gasteiger partial charge in [0.15, 0.2) is 5.84 Å². The monoisotopic (exact) mass is 275 g/mol. The number of benzene rings is 1. The molecule has 5 nitrogen and oxygen atoms in total. The van der Waals surface area contributed by atoms with Crippen molar-refractivity contribution < 1.29 is 10.0 Å². The predicted octanol–water partition coefficient (Wildman–Crippen LogP) is 1.97. The highest BCUT2D eigenvalue weighted by atomic mass is 16.4. The van der Waals surface area contributed by atoms with Gasteiger partial charge in [0, 0.05) is 5.54 Å². The lowest BCUT2D eigenvalue weighted by Crippen LogP contribution is -2.55. The fourth-order valence-electron chi connectivity index (χ4n) is 2.66. The van der Waals surface area contributed by atoms with Gasteiger partial charge < -0.3 is 16.3 Å². The van der Waals surface area contributed by atoms with Crippen molar-refractivity contribution in [1.29, 1.82) is 0 Å². The fourth-order valence-corrected chi connectivity index (χ4v) is 2.66. The molecule has 5 heteroatoms. The molecule has 0 bridgehead atoms. The first-order valence-corrected chi connectivity index (χ1v) is 6.96. The summed E-state index contributed by atoms with van der Waals surface area (Å²) < 4.78 is 0. The normalized spacial score (nSPS) is 18.9. The van der Waals surface area contributed by atoms with E-state index in [2.05, 4.69) is 17.4 Å². The first kappa shape index (κ1) is 14.4. The van der Waals surface area contributed by atoms with Crippen LogP contribution in [0.4, 0.5) is 0 Å². The average molecular weight is 275 g/mol. The summed E-state index contributed by atoms with van der Waals surface area (Å²) >= 11 is 0. The smallest absolute Gasteiger partial charge is 0.235 e. The number of carbonyl (C=O) groups excluding carboxylic acids is 1. The van der Waals surface area contributed by atoms with Crippen molar-refractivity contribution in [2.45, 2.75) is 44.1 Å². The van der Waals surface area contributed by atoms with Crippen molar-refractivity contribution in [2.75, 3.05) is 0 Å². The van der Waals surface area contributed by atoms with Crippen LogP contribution in [0.2, 0.25) is 0 Å². The standard InChI is InChI=1S/C15H21N3O2/c1-2-15(9-6-10-15)17-14(19)12(13(16)18-20)11-7-4-3-5-8-11/h3-5,7-8,12,20H,2,6,9-10H2,1H3,(H2,16,18)(H,17,19). The molecule has 4 N–H and O–H groups in total. The number of amidine groups is 1. The summed E-state index contributed by atoms with van der Waals surface area (Å²) in [6, 6.07) is 9.14. The molecule has 0 aliphatic heterocycles. The Morgan fingerprint density at radius 1 is 1.45 bits per heavy atom. The van der Waals surface area contributed by atoms with Crippen LogP contribution in [-0.4, -0.2) is 22.5 Å². The summed E-state index contributed by atoms with van der Waals surface area (Å²) in [7, 11) is 0. The molecule has 0 heterocycles. The van der Waals surface area contributed by atoms with Gasteiger partial charge in [0.2, 0.25) is 5.91 Å². The van der Waals surface area contributed by atoms with Crippen LogP contribution in [-0.2, 0) is 4.79 Å². The molecule has 1 aromatic carbocycles. The van der Waals surface area contributed by atoms with E-state index in [1.165, 1.54) is 0 Å². The first-order valence-electron chi connectivity index (χ1n) is 6.96. The minimum atomic E-state index is -0.745. The first-order chi connectivity index (χ1) is 9.62. The van der Waals surface area contributed by atoms with Crippen molar-refractivity contribution in [3.63, 3.8) is 0 Å². The van der Waals surface area contributed by atoms with E-state index in [-0.39, 0.29) is 17.3 Å². The predicted molar refractivity (Wildman–Crippen MR) is 77.6 cm³/mol. The van der Waals surface area contributed by atoms with E-state index in [4.69, 9.17) is 10.9 Å². The number of amides is 1. The third-order valence-electron chi connectivity index (χ3n) is 4.18. The van der Waals surface area contributed by atoms with Gasteiger partial charge in [-0.25, -0.2) is 0 Å². The number of nitrogens with one attached hydrogen (secondary N) is 1. The topological polar surface area (TPSA) is 87.7 Å². The van der Waals surface area contributed by atoms with E-state index >= 15 is 0 Å². The summed E-state index contributed by atoms with van der Waals surface area (Å²) in [5, 5.41) is 15.0. The van der Waals surface area contributed by atoms with Gasteiger partial charge in [0.1, 0.15) is 5.92 Å². The molecule has 0 saturated heterocycles. The lowest BCUT2D eigenvalue weighted by atomic mass is 9.74. The largest absolute Gasteiger partial charge is 0.409 e. The molecule has 0 aromatic heterocycles. The molecule has 20 heavy (non-hydrogen) atoms. The van der Waals surface area contributed by atoms with E-state index in [9.17, 15) is 4.79 Å². The molecular weight excluding hydrogens is 254 g/mol. The molecule has 2 rings (SSSR count). The maximum Gasteiger partial charge on any atom is 0.235 e.